The van der Waals surface area contributed by atoms with Crippen LogP contribution in [0.25, 0.3) is 0 Å². The topological polar surface area (TPSA) is 182 Å². The standard InChI is InChI=1S/C19H22N7O3PS3.C7H8.C2H5NO.C2H4/c1-12(27)20-17-24-22-15(32-17)8-10-31-11-9-16-23-25-18(33-16)21-19(29)30(26-13(2)28)14-6-4-3-5-7-14;1-7-5-3-2-4-6-7;1-2(3)4;1-2/h3-7H,8-11H2,1-2H3,(H,26,28)(H,20,24,27)(H,21,25,29);2-6H,1H3;1H3,(H2,3,4);1-2H2. The van der Waals surface area contributed by atoms with Gasteiger partial charge in [0, 0.05) is 38.9 Å². The predicted molar refractivity (Wildman–Crippen MR) is 192 cm³/mol. The highest BCUT2D eigenvalue weighted by atomic mass is 32.2. The third-order valence-corrected chi connectivity index (χ3v) is 9.43. The molecule has 1 unspecified atom stereocenters. The van der Waals surface area contributed by atoms with Gasteiger partial charge in [0.2, 0.25) is 28.0 Å². The van der Waals surface area contributed by atoms with E-state index < -0.39 is 8.07 Å². The molecule has 0 aliphatic carbocycles. The molecule has 0 aliphatic heterocycles. The number of thioether (sulfide) groups is 1. The number of nitrogens with zero attached hydrogens (tertiary/aromatic N) is 4. The molecule has 0 radical (unpaired) electrons. The van der Waals surface area contributed by atoms with Crippen LogP contribution in [0.2, 0.25) is 0 Å². The van der Waals surface area contributed by atoms with Crippen molar-refractivity contribution in [1.29, 1.82) is 0 Å². The van der Waals surface area contributed by atoms with Crippen LogP contribution in [0.1, 0.15) is 36.3 Å². The largest absolute Gasteiger partial charge is 0.370 e. The van der Waals surface area contributed by atoms with Crippen molar-refractivity contribution < 1.29 is 19.2 Å². The molecule has 246 valence electrons. The molecule has 0 saturated heterocycles. The van der Waals surface area contributed by atoms with Crippen molar-refractivity contribution in [3.05, 3.63) is 89.4 Å². The van der Waals surface area contributed by atoms with Crippen molar-refractivity contribution in [3.8, 4) is 0 Å². The Morgan fingerprint density at radius 3 is 1.63 bits per heavy atom. The maximum Gasteiger partial charge on any atom is 0.272 e. The van der Waals surface area contributed by atoms with Gasteiger partial charge in [0.25, 0.3) is 5.65 Å². The lowest BCUT2D eigenvalue weighted by Crippen LogP contribution is -2.27. The highest BCUT2D eigenvalue weighted by molar-refractivity contribution is 7.99. The maximum atomic E-state index is 12.8. The predicted octanol–water partition coefficient (Wildman–Crippen LogP) is 5.55. The van der Waals surface area contributed by atoms with Gasteiger partial charge in [-0.1, -0.05) is 88.9 Å². The third-order valence-electron chi connectivity index (χ3n) is 4.78. The number of aryl methyl sites for hydroxylation is 3. The number of rotatable bonds is 11. The minimum Gasteiger partial charge on any atom is -0.370 e. The summed E-state index contributed by atoms with van der Waals surface area (Å²) in [5.74, 6) is 0.957. The number of carbonyl (C=O) groups is 4. The lowest BCUT2D eigenvalue weighted by Gasteiger charge is -2.16. The number of benzene rings is 2. The molecule has 2 heterocycles. The summed E-state index contributed by atoms with van der Waals surface area (Å²) in [5.41, 5.74) is 5.49. The van der Waals surface area contributed by atoms with E-state index in [1.807, 2.05) is 48.5 Å². The van der Waals surface area contributed by atoms with Gasteiger partial charge in [0.1, 0.15) is 18.1 Å². The molecule has 1 atom stereocenters. The molecule has 0 fully saturated rings. The van der Waals surface area contributed by atoms with E-state index >= 15 is 0 Å². The first-order chi connectivity index (χ1) is 22.0. The molecule has 12 nitrogen and oxygen atoms in total. The quantitative estimate of drug-likeness (QED) is 0.0885. The van der Waals surface area contributed by atoms with Crippen LogP contribution >= 0.6 is 42.5 Å². The molecule has 4 amide bonds. The van der Waals surface area contributed by atoms with Crippen LogP contribution < -0.4 is 26.8 Å². The van der Waals surface area contributed by atoms with E-state index in [0.717, 1.165) is 39.7 Å². The average Bonchev–Trinajstić information content (AvgIpc) is 3.66. The zero-order valence-electron chi connectivity index (χ0n) is 26.2. The van der Waals surface area contributed by atoms with E-state index in [0.29, 0.717) is 10.3 Å². The average molecular weight is 703 g/mol. The molecule has 0 saturated carbocycles. The second-order valence-electron chi connectivity index (χ2n) is 8.83. The minimum atomic E-state index is -1.56. The lowest BCUT2D eigenvalue weighted by molar-refractivity contribution is -0.117. The normalized spacial score (nSPS) is 10.3. The monoisotopic (exact) mass is 702 g/mol. The van der Waals surface area contributed by atoms with Crippen LogP contribution in [0.15, 0.2) is 73.8 Å². The van der Waals surface area contributed by atoms with Crippen molar-refractivity contribution in [1.82, 2.24) is 25.5 Å². The number of hydrogen-bond donors (Lipinski definition) is 4. The van der Waals surface area contributed by atoms with Gasteiger partial charge in [-0.25, -0.2) is 0 Å². The summed E-state index contributed by atoms with van der Waals surface area (Å²) in [5, 5.41) is 27.7. The van der Waals surface area contributed by atoms with Gasteiger partial charge in [-0.2, -0.15) is 11.8 Å². The highest BCUT2D eigenvalue weighted by Gasteiger charge is 2.23. The number of nitrogens with two attached hydrogens (primary N) is 1. The van der Waals surface area contributed by atoms with E-state index in [-0.39, 0.29) is 23.4 Å². The van der Waals surface area contributed by atoms with Crippen LogP contribution in [-0.4, -0.2) is 55.3 Å². The van der Waals surface area contributed by atoms with Gasteiger partial charge >= 0.3 is 0 Å². The number of nitrogens with one attached hydrogen (secondary N) is 3. The van der Waals surface area contributed by atoms with Crippen LogP contribution in [0.5, 0.6) is 0 Å². The molecule has 0 bridgehead atoms. The molecule has 0 aliphatic rings. The Morgan fingerprint density at radius 1 is 0.761 bits per heavy atom. The highest BCUT2D eigenvalue weighted by Crippen LogP contribution is 2.32. The van der Waals surface area contributed by atoms with Crippen LogP contribution in [-0.2, 0) is 27.2 Å². The Morgan fingerprint density at radius 2 is 1.22 bits per heavy atom. The van der Waals surface area contributed by atoms with Gasteiger partial charge in [-0.3, -0.25) is 24.5 Å². The Balaban J connectivity index is 0.000000682. The summed E-state index contributed by atoms with van der Waals surface area (Å²) in [6.45, 7) is 12.2. The van der Waals surface area contributed by atoms with Gasteiger partial charge in [0.15, 0.2) is 0 Å². The van der Waals surface area contributed by atoms with E-state index in [4.69, 9.17) is 0 Å². The van der Waals surface area contributed by atoms with Gasteiger partial charge in [-0.15, -0.1) is 33.6 Å². The Labute approximate surface area is 282 Å². The molecule has 46 heavy (non-hydrogen) atoms. The summed E-state index contributed by atoms with van der Waals surface area (Å²) in [6.07, 6.45) is 1.50. The second kappa shape index (κ2) is 23.3. The van der Waals surface area contributed by atoms with Crippen molar-refractivity contribution in [2.45, 2.75) is 40.5 Å². The summed E-state index contributed by atoms with van der Waals surface area (Å²) in [6, 6.07) is 19.4. The molecule has 16 heteroatoms. The number of aromatic nitrogens is 4. The smallest absolute Gasteiger partial charge is 0.272 e. The van der Waals surface area contributed by atoms with E-state index in [1.54, 1.807) is 11.8 Å². The van der Waals surface area contributed by atoms with Crippen molar-refractivity contribution in [3.63, 3.8) is 0 Å². The Hall–Kier alpha value is -4.04. The summed E-state index contributed by atoms with van der Waals surface area (Å²) in [7, 11) is -1.56. The molecule has 4 aromatic rings. The lowest BCUT2D eigenvalue weighted by atomic mass is 10.2. The van der Waals surface area contributed by atoms with Gasteiger partial charge < -0.3 is 16.1 Å². The van der Waals surface area contributed by atoms with E-state index in [1.165, 1.54) is 49.0 Å². The fraction of sp³-hybridized carbons (Fsp3) is 0.267. The van der Waals surface area contributed by atoms with E-state index in [2.05, 4.69) is 74.1 Å². The number of carbonyl (C=O) groups excluding carboxylic acids is 4. The zero-order chi connectivity index (χ0) is 34.3. The van der Waals surface area contributed by atoms with Crippen molar-refractivity contribution in [2.75, 3.05) is 22.1 Å². The maximum absolute atomic E-state index is 12.8. The molecule has 4 rings (SSSR count). The number of anilines is 2. The molecular weight excluding hydrogens is 664 g/mol. The first-order valence-electron chi connectivity index (χ1n) is 13.7. The summed E-state index contributed by atoms with van der Waals surface area (Å²) < 4.78 is 0. The van der Waals surface area contributed by atoms with Crippen molar-refractivity contribution >= 4 is 81.4 Å². The van der Waals surface area contributed by atoms with Crippen LogP contribution in [0, 0.1) is 6.92 Å². The molecule has 2 aromatic heterocycles. The minimum absolute atomic E-state index is 0.161. The summed E-state index contributed by atoms with van der Waals surface area (Å²) >= 11 is 4.46. The summed E-state index contributed by atoms with van der Waals surface area (Å²) in [4.78, 5) is 44.6. The van der Waals surface area contributed by atoms with Gasteiger partial charge in [0.05, 0.1) is 0 Å². The Bertz CT molecular complexity index is 1490. The first-order valence-corrected chi connectivity index (χ1v) is 17.9. The zero-order valence-corrected chi connectivity index (χ0v) is 29.5. The Kier molecular flexibility index (Phi) is 20.3. The molecule has 0 spiro atoms. The third kappa shape index (κ3) is 18.1. The van der Waals surface area contributed by atoms with Crippen LogP contribution in [0.3, 0.4) is 0 Å². The fourth-order valence-corrected chi connectivity index (χ4v) is 7.23. The number of hydrogen-bond acceptors (Lipinski definition) is 11. The van der Waals surface area contributed by atoms with Crippen LogP contribution in [0.4, 0.5) is 15.1 Å². The van der Waals surface area contributed by atoms with Crippen molar-refractivity contribution in [2.24, 2.45) is 5.73 Å². The fourth-order valence-electron chi connectivity index (χ4n) is 3.03. The van der Waals surface area contributed by atoms with E-state index in [9.17, 15) is 19.2 Å². The molecule has 2 aromatic carbocycles. The first kappa shape index (κ1) is 40.0. The number of primary amides is 1. The number of amides is 4. The molecular formula is C30H39N8O4PS3. The SMILES string of the molecule is C=C.CC(=O)Nc1nnc(CCSCCc2nnc(NC(=O)P(NC(C)=O)c3ccccc3)s2)s1.CC(N)=O.Cc1ccccc1. The second-order valence-corrected chi connectivity index (χ2v) is 14.0. The molecule has 5 N–H and O–H groups in total. The van der Waals surface area contributed by atoms with Gasteiger partial charge in [-0.05, 0) is 18.4 Å².